The van der Waals surface area contributed by atoms with Gasteiger partial charge in [-0.3, -0.25) is 4.57 Å². The molecule has 17 heavy (non-hydrogen) atoms. The van der Waals surface area contributed by atoms with E-state index in [-0.39, 0.29) is 0 Å². The standard InChI is InChI=1S/C14H15O2P/c1-11-7-9-12(10-8-11)13-5-3-4-6-14(13)17(15)16-2/h3-10,17H,1-2H3. The van der Waals surface area contributed by atoms with Crippen LogP contribution < -0.4 is 5.30 Å². The van der Waals surface area contributed by atoms with Crippen LogP contribution in [-0.2, 0) is 9.09 Å². The lowest BCUT2D eigenvalue weighted by molar-refractivity contribution is 0.423. The fourth-order valence-electron chi connectivity index (χ4n) is 1.76. The first-order chi connectivity index (χ1) is 8.22. The van der Waals surface area contributed by atoms with Crippen molar-refractivity contribution in [2.45, 2.75) is 6.92 Å². The summed E-state index contributed by atoms with van der Waals surface area (Å²) in [5.41, 5.74) is 3.27. The summed E-state index contributed by atoms with van der Waals surface area (Å²) in [6.07, 6.45) is 0. The Morgan fingerprint density at radius 1 is 1.00 bits per heavy atom. The predicted octanol–water partition coefficient (Wildman–Crippen LogP) is 3.41. The van der Waals surface area contributed by atoms with Gasteiger partial charge in [0, 0.05) is 12.4 Å². The molecule has 0 amide bonds. The highest BCUT2D eigenvalue weighted by atomic mass is 31.1. The molecule has 0 radical (unpaired) electrons. The molecule has 2 aromatic rings. The van der Waals surface area contributed by atoms with E-state index in [9.17, 15) is 4.57 Å². The van der Waals surface area contributed by atoms with Crippen molar-refractivity contribution in [3.05, 3.63) is 54.1 Å². The highest BCUT2D eigenvalue weighted by molar-refractivity contribution is 7.48. The molecular weight excluding hydrogens is 231 g/mol. The number of rotatable bonds is 3. The van der Waals surface area contributed by atoms with E-state index in [2.05, 4.69) is 12.1 Å². The molecule has 2 nitrogen and oxygen atoms in total. The van der Waals surface area contributed by atoms with Gasteiger partial charge in [0.05, 0.1) is 0 Å². The lowest BCUT2D eigenvalue weighted by atomic mass is 10.0. The van der Waals surface area contributed by atoms with Gasteiger partial charge in [-0.25, -0.2) is 0 Å². The van der Waals surface area contributed by atoms with Crippen LogP contribution in [-0.4, -0.2) is 7.11 Å². The first kappa shape index (κ1) is 12.1. The quantitative estimate of drug-likeness (QED) is 0.776. The Bertz CT molecular complexity index is 532. The maximum atomic E-state index is 11.8. The largest absolute Gasteiger partial charge is 0.331 e. The van der Waals surface area contributed by atoms with E-state index in [1.807, 2.05) is 43.3 Å². The molecule has 2 rings (SSSR count). The van der Waals surface area contributed by atoms with E-state index >= 15 is 0 Å². The first-order valence-corrected chi connectivity index (χ1v) is 6.78. The van der Waals surface area contributed by atoms with Crippen LogP contribution in [0.15, 0.2) is 48.5 Å². The van der Waals surface area contributed by atoms with Gasteiger partial charge in [-0.15, -0.1) is 0 Å². The van der Waals surface area contributed by atoms with Crippen LogP contribution in [0.4, 0.5) is 0 Å². The highest BCUT2D eigenvalue weighted by Crippen LogP contribution is 2.28. The van der Waals surface area contributed by atoms with Crippen LogP contribution in [0.1, 0.15) is 5.56 Å². The van der Waals surface area contributed by atoms with Gasteiger partial charge < -0.3 is 4.52 Å². The summed E-state index contributed by atoms with van der Waals surface area (Å²) in [4.78, 5) is 0. The van der Waals surface area contributed by atoms with Crippen molar-refractivity contribution >= 4 is 13.3 Å². The van der Waals surface area contributed by atoms with Crippen molar-refractivity contribution in [1.29, 1.82) is 0 Å². The van der Waals surface area contributed by atoms with Gasteiger partial charge in [0.1, 0.15) is 0 Å². The molecule has 0 aliphatic heterocycles. The lowest BCUT2D eigenvalue weighted by Crippen LogP contribution is -2.01. The lowest BCUT2D eigenvalue weighted by Gasteiger charge is -2.08. The zero-order valence-electron chi connectivity index (χ0n) is 9.94. The van der Waals surface area contributed by atoms with E-state index in [0.717, 1.165) is 16.4 Å². The van der Waals surface area contributed by atoms with Gasteiger partial charge in [-0.1, -0.05) is 48.0 Å². The first-order valence-electron chi connectivity index (χ1n) is 5.47. The average molecular weight is 246 g/mol. The van der Waals surface area contributed by atoms with Crippen LogP contribution >= 0.6 is 8.03 Å². The third-order valence-corrected chi connectivity index (χ3v) is 3.94. The van der Waals surface area contributed by atoms with E-state index < -0.39 is 8.03 Å². The topological polar surface area (TPSA) is 26.3 Å². The van der Waals surface area contributed by atoms with E-state index in [1.54, 1.807) is 0 Å². The fraction of sp³-hybridized carbons (Fsp3) is 0.143. The summed E-state index contributed by atoms with van der Waals surface area (Å²) < 4.78 is 16.8. The summed E-state index contributed by atoms with van der Waals surface area (Å²) in [6.45, 7) is 2.05. The minimum absolute atomic E-state index is 0.781. The molecule has 0 saturated carbocycles. The second-order valence-electron chi connectivity index (χ2n) is 3.90. The number of benzene rings is 2. The van der Waals surface area contributed by atoms with Crippen molar-refractivity contribution in [1.82, 2.24) is 0 Å². The van der Waals surface area contributed by atoms with Crippen molar-refractivity contribution < 1.29 is 9.09 Å². The zero-order chi connectivity index (χ0) is 12.3. The summed E-state index contributed by atoms with van der Waals surface area (Å²) in [6, 6.07) is 15.9. The Labute approximate surface area is 102 Å². The van der Waals surface area contributed by atoms with Crippen molar-refractivity contribution in [3.63, 3.8) is 0 Å². The molecule has 0 fully saturated rings. The van der Waals surface area contributed by atoms with Crippen LogP contribution in [0.5, 0.6) is 0 Å². The molecule has 2 aromatic carbocycles. The molecule has 0 aromatic heterocycles. The Morgan fingerprint density at radius 3 is 2.29 bits per heavy atom. The van der Waals surface area contributed by atoms with Gasteiger partial charge in [-0.2, -0.15) is 0 Å². The Hall–Kier alpha value is -1.37. The third kappa shape index (κ3) is 2.66. The number of aryl methyl sites for hydroxylation is 1. The minimum atomic E-state index is -2.14. The monoisotopic (exact) mass is 246 g/mol. The van der Waals surface area contributed by atoms with Crippen LogP contribution in [0, 0.1) is 6.92 Å². The van der Waals surface area contributed by atoms with Crippen LogP contribution in [0.25, 0.3) is 11.1 Å². The molecule has 1 unspecified atom stereocenters. The van der Waals surface area contributed by atoms with Crippen molar-refractivity contribution in [2.24, 2.45) is 0 Å². The summed E-state index contributed by atoms with van der Waals surface area (Å²) in [5, 5.41) is 0.781. The van der Waals surface area contributed by atoms with E-state index in [1.165, 1.54) is 12.7 Å². The molecule has 0 aliphatic rings. The van der Waals surface area contributed by atoms with Crippen LogP contribution in [0.2, 0.25) is 0 Å². The maximum absolute atomic E-state index is 11.8. The van der Waals surface area contributed by atoms with Gasteiger partial charge in [0.25, 0.3) is 0 Å². The average Bonchev–Trinajstić information content (AvgIpc) is 2.39. The Balaban J connectivity index is 2.51. The molecule has 0 saturated heterocycles. The smallest absolute Gasteiger partial charge is 0.221 e. The molecule has 0 spiro atoms. The normalized spacial score (nSPS) is 12.4. The molecule has 0 N–H and O–H groups in total. The predicted molar refractivity (Wildman–Crippen MR) is 72.3 cm³/mol. The molecule has 0 aliphatic carbocycles. The number of hydrogen-bond donors (Lipinski definition) is 0. The minimum Gasteiger partial charge on any atom is -0.331 e. The number of hydrogen-bond acceptors (Lipinski definition) is 2. The summed E-state index contributed by atoms with van der Waals surface area (Å²) >= 11 is 0. The summed E-state index contributed by atoms with van der Waals surface area (Å²) in [7, 11) is -0.664. The van der Waals surface area contributed by atoms with Gasteiger partial charge in [0.2, 0.25) is 8.03 Å². The molecule has 0 bridgehead atoms. The van der Waals surface area contributed by atoms with E-state index in [0.29, 0.717) is 0 Å². The highest BCUT2D eigenvalue weighted by Gasteiger charge is 2.09. The third-order valence-electron chi connectivity index (χ3n) is 2.69. The second kappa shape index (κ2) is 5.31. The zero-order valence-corrected chi connectivity index (χ0v) is 10.9. The molecule has 1 atom stereocenters. The summed E-state index contributed by atoms with van der Waals surface area (Å²) in [5.74, 6) is 0. The maximum Gasteiger partial charge on any atom is 0.221 e. The van der Waals surface area contributed by atoms with Gasteiger partial charge >= 0.3 is 0 Å². The SMILES string of the molecule is CO[PH](=O)c1ccccc1-c1ccc(C)cc1. The van der Waals surface area contributed by atoms with Crippen LogP contribution in [0.3, 0.4) is 0 Å². The molecule has 88 valence electrons. The molecular formula is C14H15O2P. The molecule has 3 heteroatoms. The Kier molecular flexibility index (Phi) is 3.78. The van der Waals surface area contributed by atoms with Crippen molar-refractivity contribution in [2.75, 3.05) is 7.11 Å². The van der Waals surface area contributed by atoms with Gasteiger partial charge in [0.15, 0.2) is 0 Å². The second-order valence-corrected chi connectivity index (χ2v) is 5.43. The fourth-order valence-corrected chi connectivity index (χ4v) is 2.66. The molecule has 0 heterocycles. The van der Waals surface area contributed by atoms with E-state index in [4.69, 9.17) is 4.52 Å². The van der Waals surface area contributed by atoms with Gasteiger partial charge in [-0.05, 0) is 24.1 Å². The Morgan fingerprint density at radius 2 is 1.65 bits per heavy atom. The van der Waals surface area contributed by atoms with Crippen molar-refractivity contribution in [3.8, 4) is 11.1 Å².